The van der Waals surface area contributed by atoms with Gasteiger partial charge < -0.3 is 15.4 Å². The number of carbonyl (C=O) groups is 2. The van der Waals surface area contributed by atoms with Crippen LogP contribution in [0.2, 0.25) is 0 Å². The molecule has 0 aromatic heterocycles. The Morgan fingerprint density at radius 1 is 1.58 bits per heavy atom. The maximum Gasteiger partial charge on any atom is 0.337 e. The Bertz CT molecular complexity index is 519. The van der Waals surface area contributed by atoms with Crippen LogP contribution in [0.15, 0.2) is 18.2 Å². The number of hydrogen-bond acceptors (Lipinski definition) is 4. The lowest BCUT2D eigenvalue weighted by molar-refractivity contribution is -0.117. The second-order valence-corrected chi connectivity index (χ2v) is 5.14. The van der Waals surface area contributed by atoms with Gasteiger partial charge >= 0.3 is 5.97 Å². The molecule has 0 radical (unpaired) electrons. The maximum atomic E-state index is 12.0. The molecule has 1 aromatic carbocycles. The molecule has 19 heavy (non-hydrogen) atoms. The Balaban J connectivity index is 2.34. The molecule has 6 heteroatoms. The number of esters is 1. The monoisotopic (exact) mass is 326 g/mol. The highest BCUT2D eigenvalue weighted by Gasteiger charge is 2.31. The first-order valence-electron chi connectivity index (χ1n) is 5.91. The summed E-state index contributed by atoms with van der Waals surface area (Å²) in [5.74, 6) is -0.142. The summed E-state index contributed by atoms with van der Waals surface area (Å²) in [6.45, 7) is 0.610. The molecule has 1 amide bonds. The standard InChI is InChI=1S/C13H15BrN2O3/c1-19-13(18)9-2-3-10(15)11(5-9)16-7-8(6-14)4-12(16)17/h2-3,5,8H,4,6-7,15H2,1H3. The van der Waals surface area contributed by atoms with Crippen molar-refractivity contribution >= 4 is 39.2 Å². The van der Waals surface area contributed by atoms with E-state index in [0.29, 0.717) is 29.9 Å². The van der Waals surface area contributed by atoms with Crippen molar-refractivity contribution in [3.63, 3.8) is 0 Å². The van der Waals surface area contributed by atoms with E-state index in [1.807, 2.05) is 0 Å². The fourth-order valence-electron chi connectivity index (χ4n) is 2.14. The van der Waals surface area contributed by atoms with E-state index in [0.717, 1.165) is 5.33 Å². The van der Waals surface area contributed by atoms with E-state index < -0.39 is 5.97 Å². The van der Waals surface area contributed by atoms with E-state index in [2.05, 4.69) is 20.7 Å². The summed E-state index contributed by atoms with van der Waals surface area (Å²) < 4.78 is 4.67. The smallest absolute Gasteiger partial charge is 0.337 e. The molecule has 102 valence electrons. The van der Waals surface area contributed by atoms with Crippen molar-refractivity contribution in [1.29, 1.82) is 0 Å². The van der Waals surface area contributed by atoms with Crippen molar-refractivity contribution in [2.24, 2.45) is 5.92 Å². The van der Waals surface area contributed by atoms with Crippen LogP contribution in [0.4, 0.5) is 11.4 Å². The van der Waals surface area contributed by atoms with Crippen LogP contribution in [0.25, 0.3) is 0 Å². The van der Waals surface area contributed by atoms with Crippen LogP contribution >= 0.6 is 15.9 Å². The van der Waals surface area contributed by atoms with Crippen LogP contribution in [-0.4, -0.2) is 30.9 Å². The summed E-state index contributed by atoms with van der Waals surface area (Å²) in [6, 6.07) is 4.82. The largest absolute Gasteiger partial charge is 0.465 e. The van der Waals surface area contributed by atoms with E-state index >= 15 is 0 Å². The lowest BCUT2D eigenvalue weighted by Gasteiger charge is -2.19. The molecule has 5 nitrogen and oxygen atoms in total. The Hall–Kier alpha value is -1.56. The zero-order valence-corrected chi connectivity index (χ0v) is 12.1. The number of nitrogens with two attached hydrogens (primary N) is 1. The van der Waals surface area contributed by atoms with Gasteiger partial charge in [-0.15, -0.1) is 0 Å². The minimum absolute atomic E-state index is 0.0261. The first kappa shape index (κ1) is 13.9. The quantitative estimate of drug-likeness (QED) is 0.522. The highest BCUT2D eigenvalue weighted by atomic mass is 79.9. The van der Waals surface area contributed by atoms with Gasteiger partial charge in [0.25, 0.3) is 0 Å². The summed E-state index contributed by atoms with van der Waals surface area (Å²) in [6.07, 6.45) is 0.493. The number of methoxy groups -OCH3 is 1. The number of ether oxygens (including phenoxy) is 1. The first-order valence-corrected chi connectivity index (χ1v) is 7.03. The number of anilines is 2. The van der Waals surface area contributed by atoms with E-state index in [-0.39, 0.29) is 11.8 Å². The van der Waals surface area contributed by atoms with Crippen molar-refractivity contribution in [3.8, 4) is 0 Å². The predicted molar refractivity (Wildman–Crippen MR) is 76.4 cm³/mol. The third-order valence-corrected chi connectivity index (χ3v) is 4.08. The van der Waals surface area contributed by atoms with Crippen LogP contribution in [0.3, 0.4) is 0 Å². The van der Waals surface area contributed by atoms with E-state index in [1.165, 1.54) is 7.11 Å². The minimum Gasteiger partial charge on any atom is -0.465 e. The van der Waals surface area contributed by atoms with Crippen molar-refractivity contribution in [2.45, 2.75) is 6.42 Å². The topological polar surface area (TPSA) is 72.6 Å². The Labute approximate surface area is 119 Å². The summed E-state index contributed by atoms with van der Waals surface area (Å²) in [5, 5.41) is 0.770. The number of benzene rings is 1. The first-order chi connectivity index (χ1) is 9.06. The minimum atomic E-state index is -0.440. The highest BCUT2D eigenvalue weighted by Crippen LogP contribution is 2.31. The second-order valence-electron chi connectivity index (χ2n) is 4.49. The number of hydrogen-bond donors (Lipinski definition) is 1. The summed E-state index contributed by atoms with van der Waals surface area (Å²) in [7, 11) is 1.32. The van der Waals surface area contributed by atoms with E-state index in [4.69, 9.17) is 5.73 Å². The normalized spacial score (nSPS) is 18.7. The van der Waals surface area contributed by atoms with Gasteiger partial charge in [0.05, 0.1) is 24.0 Å². The van der Waals surface area contributed by atoms with Crippen LogP contribution in [-0.2, 0) is 9.53 Å². The van der Waals surface area contributed by atoms with Gasteiger partial charge in [-0.25, -0.2) is 4.79 Å². The molecule has 2 rings (SSSR count). The van der Waals surface area contributed by atoms with Crippen LogP contribution in [0.1, 0.15) is 16.8 Å². The average molecular weight is 327 g/mol. The SMILES string of the molecule is COC(=O)c1ccc(N)c(N2CC(CBr)CC2=O)c1. The molecule has 1 heterocycles. The van der Waals surface area contributed by atoms with Gasteiger partial charge in [0.2, 0.25) is 5.91 Å². The molecule has 1 atom stereocenters. The van der Waals surface area contributed by atoms with Crippen LogP contribution in [0, 0.1) is 5.92 Å². The van der Waals surface area contributed by atoms with Crippen molar-refractivity contribution in [2.75, 3.05) is 29.6 Å². The van der Waals surface area contributed by atoms with E-state index in [1.54, 1.807) is 23.1 Å². The molecule has 1 fully saturated rings. The number of rotatable bonds is 3. The molecule has 0 spiro atoms. The molecule has 0 saturated carbocycles. The number of alkyl halides is 1. The van der Waals surface area contributed by atoms with Gasteiger partial charge in [-0.2, -0.15) is 0 Å². The summed E-state index contributed by atoms with van der Waals surface area (Å²) in [5.41, 5.74) is 7.36. The number of carbonyl (C=O) groups excluding carboxylic acids is 2. The highest BCUT2D eigenvalue weighted by molar-refractivity contribution is 9.09. The molecule has 1 aliphatic heterocycles. The number of amides is 1. The Morgan fingerprint density at radius 3 is 2.89 bits per heavy atom. The number of nitrogen functional groups attached to an aromatic ring is 1. The van der Waals surface area contributed by atoms with Crippen LogP contribution in [0.5, 0.6) is 0 Å². The molecule has 1 aromatic rings. The van der Waals surface area contributed by atoms with Crippen molar-refractivity contribution in [1.82, 2.24) is 0 Å². The summed E-state index contributed by atoms with van der Waals surface area (Å²) >= 11 is 3.39. The third kappa shape index (κ3) is 2.73. The predicted octanol–water partition coefficient (Wildman–Crippen LogP) is 1.80. The van der Waals surface area contributed by atoms with Gasteiger partial charge in [-0.05, 0) is 24.1 Å². The Kier molecular flexibility index (Phi) is 4.09. The average Bonchev–Trinajstić information content (AvgIpc) is 2.79. The number of nitrogens with zero attached hydrogens (tertiary/aromatic N) is 1. The molecular formula is C13H15BrN2O3. The van der Waals surface area contributed by atoms with Crippen LogP contribution < -0.4 is 10.6 Å². The Morgan fingerprint density at radius 2 is 2.32 bits per heavy atom. The lowest BCUT2D eigenvalue weighted by atomic mass is 10.1. The third-order valence-electron chi connectivity index (χ3n) is 3.17. The van der Waals surface area contributed by atoms with Gasteiger partial charge in [-0.3, -0.25) is 4.79 Å². The molecule has 1 aliphatic rings. The van der Waals surface area contributed by atoms with Gasteiger partial charge in [0.15, 0.2) is 0 Å². The molecule has 1 saturated heterocycles. The summed E-state index contributed by atoms with van der Waals surface area (Å²) in [4.78, 5) is 25.1. The fourth-order valence-corrected chi connectivity index (χ4v) is 2.57. The molecule has 0 aliphatic carbocycles. The van der Waals surface area contributed by atoms with Crippen molar-refractivity contribution < 1.29 is 14.3 Å². The van der Waals surface area contributed by atoms with E-state index in [9.17, 15) is 9.59 Å². The molecule has 2 N–H and O–H groups in total. The molecule has 1 unspecified atom stereocenters. The fraction of sp³-hybridized carbons (Fsp3) is 0.385. The van der Waals surface area contributed by atoms with Gasteiger partial charge in [0, 0.05) is 18.3 Å². The van der Waals surface area contributed by atoms with Gasteiger partial charge in [-0.1, -0.05) is 15.9 Å². The zero-order valence-electron chi connectivity index (χ0n) is 10.6. The lowest BCUT2D eigenvalue weighted by Crippen LogP contribution is -2.26. The zero-order chi connectivity index (χ0) is 14.0. The van der Waals surface area contributed by atoms with Crippen molar-refractivity contribution in [3.05, 3.63) is 23.8 Å². The molecular weight excluding hydrogens is 312 g/mol. The van der Waals surface area contributed by atoms with Gasteiger partial charge in [0.1, 0.15) is 0 Å². The second kappa shape index (κ2) is 5.61. The number of halogens is 1. The molecule has 0 bridgehead atoms. The maximum absolute atomic E-state index is 12.0.